The van der Waals surface area contributed by atoms with Crippen LogP contribution in [-0.4, -0.2) is 39.6 Å². The number of aryl methyl sites for hydroxylation is 1. The van der Waals surface area contributed by atoms with Crippen molar-refractivity contribution in [3.8, 4) is 5.75 Å². The first-order valence-corrected chi connectivity index (χ1v) is 10.5. The number of ketones is 1. The van der Waals surface area contributed by atoms with Gasteiger partial charge in [-0.2, -0.15) is 0 Å². The van der Waals surface area contributed by atoms with Crippen molar-refractivity contribution in [2.45, 2.75) is 13.0 Å². The number of imidazole rings is 1. The number of hydrogen-bond donors (Lipinski definition) is 1. The Balaban J connectivity index is 0.000000215. The normalized spacial score (nSPS) is 10.4. The van der Waals surface area contributed by atoms with Gasteiger partial charge in [0.1, 0.15) is 12.4 Å². The molecule has 34 heavy (non-hydrogen) atoms. The molecular formula is C25H25FN4O4. The quantitative estimate of drug-likeness (QED) is 0.403. The number of likely N-dealkylation sites (N-methyl/N-ethyl adjacent to an activating group) is 1. The van der Waals surface area contributed by atoms with Crippen molar-refractivity contribution in [3.63, 3.8) is 0 Å². The van der Waals surface area contributed by atoms with Gasteiger partial charge in [0.15, 0.2) is 17.8 Å². The Bertz CT molecular complexity index is 1310. The van der Waals surface area contributed by atoms with E-state index in [4.69, 9.17) is 4.74 Å². The van der Waals surface area contributed by atoms with Crippen molar-refractivity contribution in [1.82, 2.24) is 19.3 Å². The standard InChI is InChI=1S/C15H13N3O3.C10H12FNO/c1-17-7-8-18-14(20)13(12(9-19)16-15(17)18)21-10-11-5-3-2-4-6-11;1-12-7-10(13)6-8-2-4-9(11)5-3-8/h2-9H,10H2,1H3;2-5,12H,6-7H2,1H3. The van der Waals surface area contributed by atoms with Gasteiger partial charge in [-0.05, 0) is 30.3 Å². The van der Waals surface area contributed by atoms with Crippen LogP contribution in [0.4, 0.5) is 4.39 Å². The maximum Gasteiger partial charge on any atom is 0.302 e. The third-order valence-electron chi connectivity index (χ3n) is 4.86. The summed E-state index contributed by atoms with van der Waals surface area (Å²) >= 11 is 0. The molecule has 0 fully saturated rings. The summed E-state index contributed by atoms with van der Waals surface area (Å²) in [5, 5.41) is 2.78. The Kier molecular flexibility index (Phi) is 8.42. The Morgan fingerprint density at radius 3 is 2.44 bits per heavy atom. The van der Waals surface area contributed by atoms with Gasteiger partial charge in [0.05, 0.1) is 6.54 Å². The smallest absolute Gasteiger partial charge is 0.302 e. The number of benzene rings is 2. The van der Waals surface area contributed by atoms with Gasteiger partial charge in [-0.3, -0.25) is 14.4 Å². The number of rotatable bonds is 8. The van der Waals surface area contributed by atoms with Crippen LogP contribution >= 0.6 is 0 Å². The molecular weight excluding hydrogens is 439 g/mol. The Labute approximate surface area is 195 Å². The van der Waals surface area contributed by atoms with E-state index < -0.39 is 5.56 Å². The summed E-state index contributed by atoms with van der Waals surface area (Å²) < 4.78 is 21.0. The van der Waals surface area contributed by atoms with E-state index in [1.165, 1.54) is 16.5 Å². The molecule has 0 aliphatic carbocycles. The SMILES string of the molecule is CNCC(=O)Cc1ccc(F)cc1.Cn1ccn2c(=O)c(OCc3ccccc3)c(C=O)nc12. The van der Waals surface area contributed by atoms with Crippen molar-refractivity contribution in [1.29, 1.82) is 0 Å². The van der Waals surface area contributed by atoms with E-state index in [9.17, 15) is 18.8 Å². The molecule has 4 rings (SSSR count). The number of nitrogens with zero attached hydrogens (tertiary/aromatic N) is 3. The second-order valence-electron chi connectivity index (χ2n) is 7.47. The lowest BCUT2D eigenvalue weighted by Gasteiger charge is -2.08. The number of carbonyl (C=O) groups excluding carboxylic acids is 2. The number of ether oxygens (including phenoxy) is 1. The number of nitrogens with one attached hydrogen (secondary N) is 1. The van der Waals surface area contributed by atoms with E-state index >= 15 is 0 Å². The topological polar surface area (TPSA) is 94.7 Å². The first-order chi connectivity index (χ1) is 16.4. The first-order valence-electron chi connectivity index (χ1n) is 10.5. The van der Waals surface area contributed by atoms with E-state index in [0.717, 1.165) is 11.1 Å². The van der Waals surface area contributed by atoms with Gasteiger partial charge in [0.25, 0.3) is 0 Å². The molecule has 9 heteroatoms. The average molecular weight is 464 g/mol. The van der Waals surface area contributed by atoms with Crippen LogP contribution in [0, 0.1) is 5.82 Å². The predicted octanol–water partition coefficient (Wildman–Crippen LogP) is 2.58. The van der Waals surface area contributed by atoms with E-state index in [-0.39, 0.29) is 29.7 Å². The summed E-state index contributed by atoms with van der Waals surface area (Å²) in [6, 6.07) is 15.4. The fourth-order valence-corrected chi connectivity index (χ4v) is 3.17. The number of carbonyl (C=O) groups is 2. The predicted molar refractivity (Wildman–Crippen MR) is 126 cm³/mol. The lowest BCUT2D eigenvalue weighted by atomic mass is 10.1. The highest BCUT2D eigenvalue weighted by Gasteiger charge is 2.15. The molecule has 0 aliphatic rings. The maximum atomic E-state index is 12.5. The van der Waals surface area contributed by atoms with Crippen LogP contribution < -0.4 is 15.6 Å². The van der Waals surface area contributed by atoms with Crippen LogP contribution in [-0.2, 0) is 24.9 Å². The molecule has 0 aliphatic heterocycles. The molecule has 0 unspecified atom stereocenters. The number of hydrogen-bond acceptors (Lipinski definition) is 6. The van der Waals surface area contributed by atoms with Crippen LogP contribution in [0.5, 0.6) is 5.75 Å². The van der Waals surface area contributed by atoms with Crippen molar-refractivity contribution >= 4 is 17.8 Å². The molecule has 2 aromatic carbocycles. The lowest BCUT2D eigenvalue weighted by Crippen LogP contribution is -2.20. The van der Waals surface area contributed by atoms with Crippen molar-refractivity contribution in [3.05, 3.63) is 100.0 Å². The third-order valence-corrected chi connectivity index (χ3v) is 4.86. The van der Waals surface area contributed by atoms with Crippen molar-refractivity contribution in [2.24, 2.45) is 7.05 Å². The Morgan fingerprint density at radius 2 is 1.79 bits per heavy atom. The van der Waals surface area contributed by atoms with Gasteiger partial charge in [-0.1, -0.05) is 42.5 Å². The van der Waals surface area contributed by atoms with Crippen LogP contribution in [0.1, 0.15) is 21.6 Å². The minimum atomic E-state index is -0.390. The van der Waals surface area contributed by atoms with Gasteiger partial charge in [0.2, 0.25) is 11.5 Å². The van der Waals surface area contributed by atoms with Crippen LogP contribution in [0.3, 0.4) is 0 Å². The monoisotopic (exact) mass is 464 g/mol. The summed E-state index contributed by atoms with van der Waals surface area (Å²) in [5.74, 6) is 0.200. The van der Waals surface area contributed by atoms with Gasteiger partial charge >= 0.3 is 5.56 Å². The van der Waals surface area contributed by atoms with Gasteiger partial charge in [-0.25, -0.2) is 13.8 Å². The average Bonchev–Trinajstić information content (AvgIpc) is 3.22. The van der Waals surface area contributed by atoms with E-state index in [1.807, 2.05) is 30.3 Å². The zero-order chi connectivity index (χ0) is 24.5. The maximum absolute atomic E-state index is 12.5. The summed E-state index contributed by atoms with van der Waals surface area (Å²) in [4.78, 5) is 38.8. The largest absolute Gasteiger partial charge is 0.481 e. The number of halogens is 1. The first kappa shape index (κ1) is 24.5. The van der Waals surface area contributed by atoms with E-state index in [0.29, 0.717) is 25.0 Å². The molecule has 176 valence electrons. The summed E-state index contributed by atoms with van der Waals surface area (Å²) in [6.07, 6.45) is 4.18. The van der Waals surface area contributed by atoms with Crippen LogP contribution in [0.2, 0.25) is 0 Å². The van der Waals surface area contributed by atoms with Gasteiger partial charge < -0.3 is 14.6 Å². The van der Waals surface area contributed by atoms with Crippen LogP contribution in [0.25, 0.3) is 5.78 Å². The second-order valence-corrected chi connectivity index (χ2v) is 7.47. The number of fused-ring (bicyclic) bond motifs is 1. The van der Waals surface area contributed by atoms with E-state index in [1.54, 1.807) is 43.2 Å². The van der Waals surface area contributed by atoms with Crippen molar-refractivity contribution < 1.29 is 18.7 Å². The molecule has 0 saturated carbocycles. The zero-order valence-corrected chi connectivity index (χ0v) is 18.9. The summed E-state index contributed by atoms with van der Waals surface area (Å²) in [7, 11) is 3.48. The molecule has 0 radical (unpaired) electrons. The molecule has 1 N–H and O–H groups in total. The lowest BCUT2D eigenvalue weighted by molar-refractivity contribution is -0.117. The molecule has 0 saturated heterocycles. The number of aldehydes is 1. The molecule has 8 nitrogen and oxygen atoms in total. The highest BCUT2D eigenvalue weighted by molar-refractivity contribution is 5.82. The molecule has 2 heterocycles. The molecule has 2 aromatic heterocycles. The minimum Gasteiger partial charge on any atom is -0.481 e. The van der Waals surface area contributed by atoms with Gasteiger partial charge in [0, 0.05) is 25.9 Å². The fraction of sp³-hybridized carbons (Fsp3) is 0.200. The highest BCUT2D eigenvalue weighted by atomic mass is 19.1. The summed E-state index contributed by atoms with van der Waals surface area (Å²) in [5.41, 5.74) is 1.38. The Morgan fingerprint density at radius 1 is 1.09 bits per heavy atom. The summed E-state index contributed by atoms with van der Waals surface area (Å²) in [6.45, 7) is 0.564. The van der Waals surface area contributed by atoms with Crippen molar-refractivity contribution in [2.75, 3.05) is 13.6 Å². The minimum absolute atomic E-state index is 0.0118. The molecule has 0 amide bonds. The number of aromatic nitrogens is 3. The van der Waals surface area contributed by atoms with Crippen LogP contribution in [0.15, 0.2) is 71.8 Å². The molecule has 0 atom stereocenters. The second kappa shape index (κ2) is 11.7. The molecule has 0 bridgehead atoms. The zero-order valence-electron chi connectivity index (χ0n) is 18.9. The number of Topliss-reactive ketones (excluding diaryl/α,β-unsaturated/α-hetero) is 1. The Hall–Kier alpha value is -4.11. The van der Waals surface area contributed by atoms with Gasteiger partial charge in [-0.15, -0.1) is 0 Å². The molecule has 0 spiro atoms. The fourth-order valence-electron chi connectivity index (χ4n) is 3.17. The third kappa shape index (κ3) is 6.23. The van der Waals surface area contributed by atoms with E-state index in [2.05, 4.69) is 10.3 Å². The highest BCUT2D eigenvalue weighted by Crippen LogP contribution is 2.13. The molecule has 4 aromatic rings.